The molecule has 0 aromatic rings. The van der Waals surface area contributed by atoms with Gasteiger partial charge in [0.05, 0.1) is 15.9 Å². The van der Waals surface area contributed by atoms with Gasteiger partial charge in [0.15, 0.2) is 12.3 Å². The summed E-state index contributed by atoms with van der Waals surface area (Å²) in [6.07, 6.45) is -13.6. The predicted molar refractivity (Wildman–Crippen MR) is 35.3 cm³/mol. The molecule has 0 amide bonds. The molecule has 10 heteroatoms. The minimum atomic E-state index is -5.10. The Balaban J connectivity index is 0. The summed E-state index contributed by atoms with van der Waals surface area (Å²) >= 11 is 0. The molecule has 0 aromatic carbocycles. The van der Waals surface area contributed by atoms with Crippen LogP contribution < -0.4 is 29.6 Å². The van der Waals surface area contributed by atoms with E-state index >= 15 is 0 Å². The van der Waals surface area contributed by atoms with E-state index in [0.717, 1.165) is 0 Å². The molecule has 0 aromatic heterocycles. The van der Waals surface area contributed by atoms with Gasteiger partial charge in [-0.15, -0.1) is 0 Å². The van der Waals surface area contributed by atoms with Crippen molar-refractivity contribution in [3.05, 3.63) is 0 Å². The quantitative estimate of drug-likeness (QED) is 0.322. The summed E-state index contributed by atoms with van der Waals surface area (Å²) in [5, 5.41) is 0. The molecule has 0 rings (SSSR count). The van der Waals surface area contributed by atoms with Crippen molar-refractivity contribution < 1.29 is 64.5 Å². The van der Waals surface area contributed by atoms with Gasteiger partial charge in [0, 0.05) is 0 Å². The first-order chi connectivity index (χ1) is 6.15. The average Bonchev–Trinajstić information content (AvgIpc) is 1.98. The van der Waals surface area contributed by atoms with Gasteiger partial charge >= 0.3 is 29.6 Å². The third-order valence-electron chi connectivity index (χ3n) is 1.25. The summed E-state index contributed by atoms with van der Waals surface area (Å²) in [6.45, 7) is 0. The molecule has 0 aliphatic carbocycles. The second-order valence-electron chi connectivity index (χ2n) is 2.46. The zero-order valence-corrected chi connectivity index (χ0v) is 10.4. The Hall–Kier alpha value is 0.560. The van der Waals surface area contributed by atoms with Crippen LogP contribution in [0.25, 0.3) is 0 Å². The first kappa shape index (κ1) is 17.9. The van der Waals surface area contributed by atoms with Crippen molar-refractivity contribution in [2.45, 2.75) is 24.9 Å². The van der Waals surface area contributed by atoms with Crippen molar-refractivity contribution in [2.24, 2.45) is 0 Å². The number of alkyl halides is 5. The first-order valence-corrected chi connectivity index (χ1v) is 4.87. The zero-order chi connectivity index (χ0) is 11.5. The van der Waals surface area contributed by atoms with E-state index in [1.54, 1.807) is 0 Å². The van der Waals surface area contributed by atoms with Gasteiger partial charge in [-0.1, -0.05) is 0 Å². The summed E-state index contributed by atoms with van der Waals surface area (Å²) in [4.78, 5) is 0. The smallest absolute Gasteiger partial charge is 0.748 e. The minimum absolute atomic E-state index is 0. The third-order valence-corrected chi connectivity index (χ3v) is 1.98. The van der Waals surface area contributed by atoms with Gasteiger partial charge in [-0.25, -0.2) is 30.4 Å². The van der Waals surface area contributed by atoms with Gasteiger partial charge in [0.25, 0.3) is 6.43 Å². The molecule has 86 valence electrons. The Bertz CT molecular complexity index is 272. The number of hydrogen-bond donors (Lipinski definition) is 0. The maximum absolute atomic E-state index is 12.4. The normalized spacial score (nSPS) is 18.1. The van der Waals surface area contributed by atoms with Crippen molar-refractivity contribution >= 4 is 10.1 Å². The van der Waals surface area contributed by atoms with Crippen molar-refractivity contribution in [1.29, 1.82) is 0 Å². The molecule has 15 heavy (non-hydrogen) atoms. The van der Waals surface area contributed by atoms with Crippen molar-refractivity contribution in [1.82, 2.24) is 0 Å². The fraction of sp³-hybridized carbons (Fsp3) is 1.00. The molecular weight excluding hydrogens is 258 g/mol. The molecule has 3 atom stereocenters. The van der Waals surface area contributed by atoms with Crippen LogP contribution in [-0.2, 0) is 10.1 Å². The van der Waals surface area contributed by atoms with Gasteiger partial charge in [0.2, 0.25) is 0 Å². The van der Waals surface area contributed by atoms with E-state index in [1.165, 1.54) is 0 Å². The van der Waals surface area contributed by atoms with Crippen LogP contribution >= 0.6 is 0 Å². The van der Waals surface area contributed by atoms with Crippen LogP contribution in [0.1, 0.15) is 0 Å². The van der Waals surface area contributed by atoms with Crippen LogP contribution in [0, 0.1) is 0 Å². The Morgan fingerprint density at radius 2 is 1.40 bits per heavy atom. The van der Waals surface area contributed by atoms with Crippen LogP contribution in [0.3, 0.4) is 0 Å². The minimum Gasteiger partial charge on any atom is -0.748 e. The van der Waals surface area contributed by atoms with Crippen LogP contribution in [0.2, 0.25) is 0 Å². The van der Waals surface area contributed by atoms with E-state index in [9.17, 15) is 34.9 Å². The van der Waals surface area contributed by atoms with Crippen LogP contribution in [0.15, 0.2) is 0 Å². The number of halogens is 5. The molecule has 3 nitrogen and oxygen atoms in total. The van der Waals surface area contributed by atoms with E-state index in [4.69, 9.17) is 0 Å². The largest absolute Gasteiger partial charge is 1.00 e. The monoisotopic (exact) mass is 264 g/mol. The first-order valence-electron chi connectivity index (χ1n) is 3.29. The molecule has 0 fully saturated rings. The van der Waals surface area contributed by atoms with Crippen LogP contribution in [0.4, 0.5) is 22.0 Å². The maximum atomic E-state index is 12.4. The van der Waals surface area contributed by atoms with Gasteiger partial charge in [0.1, 0.15) is 6.17 Å². The van der Waals surface area contributed by atoms with Crippen molar-refractivity contribution in [3.8, 4) is 0 Å². The zero-order valence-electron chi connectivity index (χ0n) is 7.54. The van der Waals surface area contributed by atoms with Crippen LogP contribution in [-0.4, -0.2) is 43.7 Å². The van der Waals surface area contributed by atoms with E-state index in [2.05, 4.69) is 0 Å². The molecule has 3 unspecified atom stereocenters. The molecule has 0 radical (unpaired) electrons. The summed E-state index contributed by atoms with van der Waals surface area (Å²) in [7, 11) is -5.10. The average molecular weight is 264 g/mol. The predicted octanol–water partition coefficient (Wildman–Crippen LogP) is -2.18. The fourth-order valence-corrected chi connectivity index (χ4v) is 1.20. The second-order valence-corrected chi connectivity index (χ2v) is 3.91. The Morgan fingerprint density at radius 3 is 1.67 bits per heavy atom. The topological polar surface area (TPSA) is 57.2 Å². The van der Waals surface area contributed by atoms with E-state index in [1.807, 2.05) is 0 Å². The molecule has 0 aliphatic rings. The number of rotatable bonds is 5. The van der Waals surface area contributed by atoms with E-state index in [0.29, 0.717) is 0 Å². The van der Waals surface area contributed by atoms with Crippen molar-refractivity contribution in [3.63, 3.8) is 0 Å². The molecule has 0 bridgehead atoms. The Morgan fingerprint density at radius 1 is 1.00 bits per heavy atom. The van der Waals surface area contributed by atoms with E-state index in [-0.39, 0.29) is 29.6 Å². The standard InChI is InChI=1S/C5H7F5O3S.Na/c6-2(1-14(11,12)13)3(7)4(8)5(9)10;/h2-5H,1H2,(H,11,12,13);/q;+1/p-1. The molecule has 0 saturated carbocycles. The Labute approximate surface area is 105 Å². The molecular formula is C5H6F5NaO3S. The van der Waals surface area contributed by atoms with Gasteiger partial charge in [-0.3, -0.25) is 0 Å². The summed E-state index contributed by atoms with van der Waals surface area (Å²) < 4.78 is 89.3. The summed E-state index contributed by atoms with van der Waals surface area (Å²) in [5.74, 6) is -1.86. The molecule has 0 heterocycles. The SMILES string of the molecule is O=S(=O)([O-])CC(F)C(F)C(F)C(F)F.[Na+]. The second kappa shape index (κ2) is 7.00. The molecule has 0 saturated heterocycles. The summed E-state index contributed by atoms with van der Waals surface area (Å²) in [6, 6.07) is 0. The van der Waals surface area contributed by atoms with E-state index < -0.39 is 40.8 Å². The van der Waals surface area contributed by atoms with Gasteiger partial charge in [-0.05, 0) is 0 Å². The van der Waals surface area contributed by atoms with Gasteiger partial charge in [-0.2, -0.15) is 0 Å². The fourth-order valence-electron chi connectivity index (χ4n) is 0.625. The molecule has 0 spiro atoms. The molecule has 0 aliphatic heterocycles. The number of hydrogen-bond acceptors (Lipinski definition) is 3. The third kappa shape index (κ3) is 7.45. The van der Waals surface area contributed by atoms with Crippen molar-refractivity contribution in [2.75, 3.05) is 5.75 Å². The maximum Gasteiger partial charge on any atom is 1.00 e. The molecule has 0 N–H and O–H groups in total. The van der Waals surface area contributed by atoms with Crippen LogP contribution in [0.5, 0.6) is 0 Å². The Kier molecular flexibility index (Phi) is 8.37. The summed E-state index contributed by atoms with van der Waals surface area (Å²) in [5.41, 5.74) is 0. The van der Waals surface area contributed by atoms with Gasteiger partial charge < -0.3 is 4.55 Å².